The first kappa shape index (κ1) is 7.88. The second kappa shape index (κ2) is 5.03. The third-order valence-electron chi connectivity index (χ3n) is 0.605. The second-order valence-corrected chi connectivity index (χ2v) is 1.13. The van der Waals surface area contributed by atoms with Gasteiger partial charge >= 0.3 is 0 Å². The Morgan fingerprint density at radius 2 is 2.11 bits per heavy atom. The zero-order chi connectivity index (χ0) is 7.11. The highest BCUT2D eigenvalue weighted by atomic mass is 14.9. The van der Waals surface area contributed by atoms with Gasteiger partial charge in [0.25, 0.3) is 0 Å². The van der Waals surface area contributed by atoms with Crippen LogP contribution in [0.25, 0.3) is 0 Å². The van der Waals surface area contributed by atoms with Gasteiger partial charge in [-0.3, -0.25) is 0 Å². The van der Waals surface area contributed by atoms with Crippen LogP contribution in [-0.2, 0) is 0 Å². The Balaban J connectivity index is 0.000000291. The Kier molecular flexibility index (Phi) is 4.40. The van der Waals surface area contributed by atoms with Crippen LogP contribution < -0.4 is 5.73 Å². The summed E-state index contributed by atoms with van der Waals surface area (Å²) < 4.78 is 0. The topological polar surface area (TPSA) is 51.8 Å². The summed E-state index contributed by atoms with van der Waals surface area (Å²) in [5.41, 5.74) is 5.21. The second-order valence-electron chi connectivity index (χ2n) is 1.13. The molecule has 0 bridgehead atoms. The highest BCUT2D eigenvalue weighted by Gasteiger charge is 1.74. The molecule has 0 aliphatic carbocycles. The minimum absolute atomic E-state index is 0.509. The molecular formula is C6H11N3. The molecule has 50 valence electrons. The molecule has 0 unspecified atom stereocenters. The van der Waals surface area contributed by atoms with Crippen molar-refractivity contribution in [2.45, 2.75) is 13.8 Å². The fourth-order valence-electron chi connectivity index (χ4n) is 0.301. The zero-order valence-corrected chi connectivity index (χ0v) is 5.70. The van der Waals surface area contributed by atoms with E-state index in [0.717, 1.165) is 0 Å². The summed E-state index contributed by atoms with van der Waals surface area (Å²) in [6, 6.07) is 1.64. The average molecular weight is 125 g/mol. The Hall–Kier alpha value is -1.12. The SMILES string of the molecule is CC.Nc1ccncn1. The molecule has 1 aromatic rings. The van der Waals surface area contributed by atoms with Gasteiger partial charge in [-0.15, -0.1) is 0 Å². The van der Waals surface area contributed by atoms with Gasteiger partial charge in [0.15, 0.2) is 0 Å². The van der Waals surface area contributed by atoms with Crippen LogP contribution >= 0.6 is 0 Å². The molecule has 1 heterocycles. The van der Waals surface area contributed by atoms with Crippen molar-refractivity contribution < 1.29 is 0 Å². The van der Waals surface area contributed by atoms with Crippen molar-refractivity contribution in [2.75, 3.05) is 5.73 Å². The van der Waals surface area contributed by atoms with E-state index >= 15 is 0 Å². The van der Waals surface area contributed by atoms with E-state index in [9.17, 15) is 0 Å². The molecular weight excluding hydrogens is 114 g/mol. The Morgan fingerprint density at radius 3 is 2.33 bits per heavy atom. The first-order valence-electron chi connectivity index (χ1n) is 2.91. The van der Waals surface area contributed by atoms with Crippen LogP contribution in [0.1, 0.15) is 13.8 Å². The molecule has 0 saturated heterocycles. The lowest BCUT2D eigenvalue weighted by atomic mass is 10.6. The van der Waals surface area contributed by atoms with E-state index in [1.807, 2.05) is 13.8 Å². The van der Waals surface area contributed by atoms with Gasteiger partial charge in [-0.2, -0.15) is 0 Å². The fourth-order valence-corrected chi connectivity index (χ4v) is 0.301. The Morgan fingerprint density at radius 1 is 1.44 bits per heavy atom. The minimum atomic E-state index is 0.509. The highest BCUT2D eigenvalue weighted by molar-refractivity contribution is 5.22. The van der Waals surface area contributed by atoms with Gasteiger partial charge in [0.1, 0.15) is 12.1 Å². The van der Waals surface area contributed by atoms with E-state index in [1.54, 1.807) is 12.3 Å². The molecule has 3 heteroatoms. The normalized spacial score (nSPS) is 7.33. The number of hydrogen-bond acceptors (Lipinski definition) is 3. The van der Waals surface area contributed by atoms with E-state index < -0.39 is 0 Å². The lowest BCUT2D eigenvalue weighted by molar-refractivity contribution is 1.18. The third-order valence-corrected chi connectivity index (χ3v) is 0.605. The third kappa shape index (κ3) is 3.46. The first-order valence-corrected chi connectivity index (χ1v) is 2.91. The van der Waals surface area contributed by atoms with E-state index in [0.29, 0.717) is 5.82 Å². The van der Waals surface area contributed by atoms with Crippen molar-refractivity contribution in [2.24, 2.45) is 0 Å². The van der Waals surface area contributed by atoms with E-state index in [1.165, 1.54) is 6.33 Å². The summed E-state index contributed by atoms with van der Waals surface area (Å²) in [6.07, 6.45) is 3.01. The molecule has 0 aliphatic heterocycles. The van der Waals surface area contributed by atoms with Gasteiger partial charge in [0.2, 0.25) is 0 Å². The van der Waals surface area contributed by atoms with Crippen LogP contribution in [0.5, 0.6) is 0 Å². The number of anilines is 1. The van der Waals surface area contributed by atoms with Crippen LogP contribution in [0.3, 0.4) is 0 Å². The molecule has 1 aromatic heterocycles. The van der Waals surface area contributed by atoms with Crippen LogP contribution in [0.2, 0.25) is 0 Å². The number of rotatable bonds is 0. The predicted octanol–water partition coefficient (Wildman–Crippen LogP) is 1.08. The van der Waals surface area contributed by atoms with Gasteiger partial charge in [-0.05, 0) is 6.07 Å². The van der Waals surface area contributed by atoms with Crippen molar-refractivity contribution in [1.82, 2.24) is 9.97 Å². The molecule has 0 radical (unpaired) electrons. The smallest absolute Gasteiger partial charge is 0.126 e. The molecule has 0 atom stereocenters. The summed E-state index contributed by atoms with van der Waals surface area (Å²) in [7, 11) is 0. The van der Waals surface area contributed by atoms with Crippen molar-refractivity contribution >= 4 is 5.82 Å². The van der Waals surface area contributed by atoms with Gasteiger partial charge in [0.05, 0.1) is 0 Å². The maximum atomic E-state index is 5.21. The molecule has 0 amide bonds. The van der Waals surface area contributed by atoms with E-state index in [-0.39, 0.29) is 0 Å². The molecule has 1 rings (SSSR count). The van der Waals surface area contributed by atoms with Crippen LogP contribution in [0.4, 0.5) is 5.82 Å². The molecule has 9 heavy (non-hydrogen) atoms. The van der Waals surface area contributed by atoms with Gasteiger partial charge in [-0.25, -0.2) is 9.97 Å². The molecule has 3 nitrogen and oxygen atoms in total. The molecule has 0 aromatic carbocycles. The number of nitrogen functional groups attached to an aromatic ring is 1. The highest BCUT2D eigenvalue weighted by Crippen LogP contribution is 1.85. The number of aromatic nitrogens is 2. The molecule has 0 saturated carbocycles. The summed E-state index contributed by atoms with van der Waals surface area (Å²) >= 11 is 0. The maximum absolute atomic E-state index is 5.21. The lowest BCUT2D eigenvalue weighted by Crippen LogP contribution is -1.87. The average Bonchev–Trinajstić information content (AvgIpc) is 1.94. The summed E-state index contributed by atoms with van der Waals surface area (Å²) in [5, 5.41) is 0. The van der Waals surface area contributed by atoms with Crippen LogP contribution in [-0.4, -0.2) is 9.97 Å². The number of nitrogens with zero attached hydrogens (tertiary/aromatic N) is 2. The van der Waals surface area contributed by atoms with Crippen molar-refractivity contribution in [3.8, 4) is 0 Å². The van der Waals surface area contributed by atoms with Gasteiger partial charge in [0, 0.05) is 6.20 Å². The number of hydrogen-bond donors (Lipinski definition) is 1. The van der Waals surface area contributed by atoms with Crippen LogP contribution in [0, 0.1) is 0 Å². The van der Waals surface area contributed by atoms with Crippen molar-refractivity contribution in [3.05, 3.63) is 18.6 Å². The molecule has 0 fully saturated rings. The Labute approximate surface area is 54.9 Å². The lowest BCUT2D eigenvalue weighted by Gasteiger charge is -1.82. The minimum Gasteiger partial charge on any atom is -0.384 e. The summed E-state index contributed by atoms with van der Waals surface area (Å²) in [5.74, 6) is 0.509. The quantitative estimate of drug-likeness (QED) is 0.564. The predicted molar refractivity (Wildman–Crippen MR) is 37.8 cm³/mol. The van der Waals surface area contributed by atoms with Gasteiger partial charge in [-0.1, -0.05) is 13.8 Å². The molecule has 0 aliphatic rings. The standard InChI is InChI=1S/C4H5N3.C2H6/c5-4-1-2-6-3-7-4;1-2/h1-3H,(H2,5,6,7);1-2H3. The fraction of sp³-hybridized carbons (Fsp3) is 0.333. The summed E-state index contributed by atoms with van der Waals surface area (Å²) in [6.45, 7) is 4.00. The molecule has 0 spiro atoms. The molecule has 2 N–H and O–H groups in total. The van der Waals surface area contributed by atoms with Crippen LogP contribution in [0.15, 0.2) is 18.6 Å². The maximum Gasteiger partial charge on any atom is 0.126 e. The number of nitrogens with two attached hydrogens (primary N) is 1. The zero-order valence-electron chi connectivity index (χ0n) is 5.70. The van der Waals surface area contributed by atoms with Crippen molar-refractivity contribution in [1.29, 1.82) is 0 Å². The van der Waals surface area contributed by atoms with E-state index in [4.69, 9.17) is 5.73 Å². The Bertz CT molecular complexity index is 138. The monoisotopic (exact) mass is 125 g/mol. The first-order chi connectivity index (χ1) is 4.39. The largest absolute Gasteiger partial charge is 0.384 e. The van der Waals surface area contributed by atoms with Crippen molar-refractivity contribution in [3.63, 3.8) is 0 Å². The summed E-state index contributed by atoms with van der Waals surface area (Å²) in [4.78, 5) is 7.30. The van der Waals surface area contributed by atoms with Gasteiger partial charge < -0.3 is 5.73 Å². The van der Waals surface area contributed by atoms with E-state index in [2.05, 4.69) is 9.97 Å².